The first kappa shape index (κ1) is 13.4. The van der Waals surface area contributed by atoms with E-state index in [1.165, 1.54) is 5.56 Å². The van der Waals surface area contributed by atoms with E-state index in [1.807, 2.05) is 12.1 Å². The number of nitrogens with one attached hydrogen (secondary N) is 1. The minimum Gasteiger partial charge on any atom is -0.497 e. The van der Waals surface area contributed by atoms with E-state index in [0.29, 0.717) is 18.2 Å². The van der Waals surface area contributed by atoms with Crippen molar-refractivity contribution in [3.8, 4) is 5.75 Å². The van der Waals surface area contributed by atoms with E-state index in [9.17, 15) is 0 Å². The summed E-state index contributed by atoms with van der Waals surface area (Å²) in [5, 5.41) is 3.68. The second kappa shape index (κ2) is 6.21. The molecular formula is C15H23NO2. The van der Waals surface area contributed by atoms with Crippen LogP contribution in [0.15, 0.2) is 24.3 Å². The van der Waals surface area contributed by atoms with Crippen molar-refractivity contribution in [2.75, 3.05) is 13.7 Å². The summed E-state index contributed by atoms with van der Waals surface area (Å²) in [6, 6.07) is 9.20. The van der Waals surface area contributed by atoms with Crippen molar-refractivity contribution in [3.63, 3.8) is 0 Å². The molecule has 0 aromatic heterocycles. The largest absolute Gasteiger partial charge is 0.497 e. The molecule has 1 aliphatic heterocycles. The number of methoxy groups -OCH3 is 1. The fourth-order valence-electron chi connectivity index (χ4n) is 2.49. The Hall–Kier alpha value is -1.06. The van der Waals surface area contributed by atoms with Crippen molar-refractivity contribution in [1.29, 1.82) is 0 Å². The number of hydrogen-bond donors (Lipinski definition) is 1. The predicted octanol–water partition coefficient (Wildman–Crippen LogP) is 2.91. The lowest BCUT2D eigenvalue weighted by Gasteiger charge is -2.30. The van der Waals surface area contributed by atoms with Gasteiger partial charge in [0.15, 0.2) is 0 Å². The summed E-state index contributed by atoms with van der Waals surface area (Å²) in [6.07, 6.45) is 2.57. The van der Waals surface area contributed by atoms with Crippen LogP contribution in [0.5, 0.6) is 5.75 Å². The molecule has 1 saturated heterocycles. The summed E-state index contributed by atoms with van der Waals surface area (Å²) < 4.78 is 10.7. The van der Waals surface area contributed by atoms with Crippen LogP contribution in [0.1, 0.15) is 38.3 Å². The summed E-state index contributed by atoms with van der Waals surface area (Å²) in [5.41, 5.74) is 1.30. The number of benzene rings is 1. The Labute approximate surface area is 109 Å². The Morgan fingerprint density at radius 1 is 1.33 bits per heavy atom. The molecule has 100 valence electrons. The SMILES string of the molecule is COc1ccc(C(C)NC2CCOC(C)C2)cc1. The summed E-state index contributed by atoms with van der Waals surface area (Å²) >= 11 is 0. The van der Waals surface area contributed by atoms with Gasteiger partial charge in [0.05, 0.1) is 13.2 Å². The molecule has 3 unspecified atom stereocenters. The molecule has 0 spiro atoms. The van der Waals surface area contributed by atoms with E-state index >= 15 is 0 Å². The smallest absolute Gasteiger partial charge is 0.118 e. The van der Waals surface area contributed by atoms with Gasteiger partial charge in [-0.05, 0) is 44.4 Å². The van der Waals surface area contributed by atoms with Gasteiger partial charge in [0.1, 0.15) is 5.75 Å². The highest BCUT2D eigenvalue weighted by Gasteiger charge is 2.20. The Balaban J connectivity index is 1.91. The van der Waals surface area contributed by atoms with Gasteiger partial charge in [0, 0.05) is 18.7 Å². The molecule has 1 fully saturated rings. The third-order valence-corrected chi connectivity index (χ3v) is 3.59. The highest BCUT2D eigenvalue weighted by Crippen LogP contribution is 2.20. The van der Waals surface area contributed by atoms with Crippen LogP contribution in [-0.4, -0.2) is 25.9 Å². The van der Waals surface area contributed by atoms with Crippen LogP contribution in [0.4, 0.5) is 0 Å². The maximum Gasteiger partial charge on any atom is 0.118 e. The van der Waals surface area contributed by atoms with Crippen molar-refractivity contribution < 1.29 is 9.47 Å². The first-order valence-corrected chi connectivity index (χ1v) is 6.70. The van der Waals surface area contributed by atoms with Gasteiger partial charge >= 0.3 is 0 Å². The topological polar surface area (TPSA) is 30.5 Å². The van der Waals surface area contributed by atoms with Crippen molar-refractivity contribution in [1.82, 2.24) is 5.32 Å². The lowest BCUT2D eigenvalue weighted by atomic mass is 10.0. The van der Waals surface area contributed by atoms with Crippen LogP contribution in [0, 0.1) is 0 Å². The maximum atomic E-state index is 5.57. The van der Waals surface area contributed by atoms with E-state index in [4.69, 9.17) is 9.47 Å². The Kier molecular flexibility index (Phi) is 4.61. The van der Waals surface area contributed by atoms with Crippen LogP contribution in [0.25, 0.3) is 0 Å². The molecule has 1 aliphatic rings. The van der Waals surface area contributed by atoms with E-state index in [1.54, 1.807) is 7.11 Å². The van der Waals surface area contributed by atoms with Crippen LogP contribution in [-0.2, 0) is 4.74 Å². The van der Waals surface area contributed by atoms with Gasteiger partial charge in [0.25, 0.3) is 0 Å². The van der Waals surface area contributed by atoms with Crippen LogP contribution in [0.2, 0.25) is 0 Å². The van der Waals surface area contributed by atoms with Gasteiger partial charge in [0.2, 0.25) is 0 Å². The standard InChI is InChI=1S/C15H23NO2/c1-11-10-14(8-9-18-11)16-12(2)13-4-6-15(17-3)7-5-13/h4-7,11-12,14,16H,8-10H2,1-3H3. The first-order valence-electron chi connectivity index (χ1n) is 6.70. The summed E-state index contributed by atoms with van der Waals surface area (Å²) in [7, 11) is 1.69. The van der Waals surface area contributed by atoms with Crippen molar-refractivity contribution in [3.05, 3.63) is 29.8 Å². The average Bonchev–Trinajstić information content (AvgIpc) is 2.39. The van der Waals surface area contributed by atoms with Crippen molar-refractivity contribution in [2.45, 2.75) is 44.9 Å². The molecule has 0 amide bonds. The van der Waals surface area contributed by atoms with Gasteiger partial charge < -0.3 is 14.8 Å². The van der Waals surface area contributed by atoms with Crippen LogP contribution in [0.3, 0.4) is 0 Å². The third-order valence-electron chi connectivity index (χ3n) is 3.59. The monoisotopic (exact) mass is 249 g/mol. The zero-order valence-corrected chi connectivity index (χ0v) is 11.5. The summed E-state index contributed by atoms with van der Waals surface area (Å²) in [4.78, 5) is 0. The molecule has 18 heavy (non-hydrogen) atoms. The fourth-order valence-corrected chi connectivity index (χ4v) is 2.49. The number of ether oxygens (including phenoxy) is 2. The molecule has 0 aliphatic carbocycles. The van der Waals surface area contributed by atoms with E-state index in [2.05, 4.69) is 31.3 Å². The maximum absolute atomic E-state index is 5.57. The molecule has 1 aromatic carbocycles. The highest BCUT2D eigenvalue weighted by atomic mass is 16.5. The lowest BCUT2D eigenvalue weighted by molar-refractivity contribution is 0.0116. The normalized spacial score (nSPS) is 25.7. The highest BCUT2D eigenvalue weighted by molar-refractivity contribution is 5.28. The molecule has 0 bridgehead atoms. The number of hydrogen-bond acceptors (Lipinski definition) is 3. The van der Waals surface area contributed by atoms with Crippen LogP contribution >= 0.6 is 0 Å². The Morgan fingerprint density at radius 2 is 2.06 bits per heavy atom. The molecule has 2 rings (SSSR count). The molecule has 0 radical (unpaired) electrons. The Bertz CT molecular complexity index is 363. The zero-order valence-electron chi connectivity index (χ0n) is 11.5. The lowest BCUT2D eigenvalue weighted by Crippen LogP contribution is -2.39. The molecule has 1 heterocycles. The minimum absolute atomic E-state index is 0.367. The third kappa shape index (κ3) is 3.47. The summed E-state index contributed by atoms with van der Waals surface area (Å²) in [5.74, 6) is 0.908. The molecule has 1 aromatic rings. The Morgan fingerprint density at radius 3 is 2.67 bits per heavy atom. The van der Waals surface area contributed by atoms with Crippen molar-refractivity contribution >= 4 is 0 Å². The fraction of sp³-hybridized carbons (Fsp3) is 0.600. The van der Waals surface area contributed by atoms with Gasteiger partial charge in [-0.15, -0.1) is 0 Å². The first-order chi connectivity index (χ1) is 8.69. The van der Waals surface area contributed by atoms with E-state index in [-0.39, 0.29) is 0 Å². The van der Waals surface area contributed by atoms with E-state index < -0.39 is 0 Å². The quantitative estimate of drug-likeness (QED) is 0.890. The van der Waals surface area contributed by atoms with Gasteiger partial charge in [-0.3, -0.25) is 0 Å². The van der Waals surface area contributed by atoms with Crippen molar-refractivity contribution in [2.24, 2.45) is 0 Å². The van der Waals surface area contributed by atoms with Crippen LogP contribution < -0.4 is 10.1 Å². The van der Waals surface area contributed by atoms with E-state index in [0.717, 1.165) is 25.2 Å². The average molecular weight is 249 g/mol. The molecule has 3 atom stereocenters. The molecular weight excluding hydrogens is 226 g/mol. The molecule has 0 saturated carbocycles. The summed E-state index contributed by atoms with van der Waals surface area (Å²) in [6.45, 7) is 5.22. The van der Waals surface area contributed by atoms with Gasteiger partial charge in [-0.2, -0.15) is 0 Å². The molecule has 3 heteroatoms. The minimum atomic E-state index is 0.367. The molecule has 1 N–H and O–H groups in total. The second-order valence-corrected chi connectivity index (χ2v) is 5.06. The predicted molar refractivity (Wildman–Crippen MR) is 73.0 cm³/mol. The zero-order chi connectivity index (χ0) is 13.0. The van der Waals surface area contributed by atoms with Gasteiger partial charge in [-0.25, -0.2) is 0 Å². The molecule has 3 nitrogen and oxygen atoms in total. The number of rotatable bonds is 4. The van der Waals surface area contributed by atoms with Gasteiger partial charge in [-0.1, -0.05) is 12.1 Å². The second-order valence-electron chi connectivity index (χ2n) is 5.06.